The highest BCUT2D eigenvalue weighted by Crippen LogP contribution is 2.29. The van der Waals surface area contributed by atoms with Gasteiger partial charge in [-0.25, -0.2) is 0 Å². The molecule has 0 atom stereocenters. The number of fused-ring (bicyclic) bond motifs is 1. The van der Waals surface area contributed by atoms with Crippen molar-refractivity contribution in [2.75, 3.05) is 0 Å². The number of aromatic nitrogens is 1. The number of nitriles is 1. The highest BCUT2D eigenvalue weighted by atomic mass is 79.9. The van der Waals surface area contributed by atoms with Crippen LogP contribution in [0.15, 0.2) is 28.7 Å². The lowest BCUT2D eigenvalue weighted by Crippen LogP contribution is -2.48. The Morgan fingerprint density at radius 3 is 2.74 bits per heavy atom. The van der Waals surface area contributed by atoms with Crippen LogP contribution in [0.5, 0.6) is 0 Å². The molecule has 3 rings (SSSR count). The van der Waals surface area contributed by atoms with Gasteiger partial charge in [-0.3, -0.25) is 9.78 Å². The second kappa shape index (κ2) is 6.29. The molecule has 1 aromatic heterocycles. The van der Waals surface area contributed by atoms with Gasteiger partial charge >= 0.3 is 0 Å². The van der Waals surface area contributed by atoms with E-state index in [1.807, 2.05) is 25.1 Å². The summed E-state index contributed by atoms with van der Waals surface area (Å²) in [5, 5.41) is 13.4. The molecule has 0 unspecified atom stereocenters. The van der Waals surface area contributed by atoms with Gasteiger partial charge in [-0.15, -0.1) is 0 Å². The van der Waals surface area contributed by atoms with Crippen molar-refractivity contribution in [1.29, 1.82) is 5.26 Å². The smallest absolute Gasteiger partial charge is 0.253 e. The number of aryl methyl sites for hydroxylation is 1. The van der Waals surface area contributed by atoms with E-state index in [0.29, 0.717) is 5.56 Å². The molecule has 0 spiro atoms. The lowest BCUT2D eigenvalue weighted by molar-refractivity contribution is 0.0904. The molecule has 118 valence electrons. The predicted octanol–water partition coefficient (Wildman–Crippen LogP) is 4.26. The highest BCUT2D eigenvalue weighted by Gasteiger charge is 2.34. The van der Waals surface area contributed by atoms with Gasteiger partial charge in [0.15, 0.2) is 0 Å². The normalized spacial score (nSPS) is 16.7. The Morgan fingerprint density at radius 1 is 1.30 bits per heavy atom. The number of amides is 1. The molecule has 2 aromatic rings. The maximum atomic E-state index is 12.8. The van der Waals surface area contributed by atoms with Crippen LogP contribution in [0.4, 0.5) is 0 Å². The fourth-order valence-electron chi connectivity index (χ4n) is 3.23. The average molecular weight is 372 g/mol. The third kappa shape index (κ3) is 3.23. The van der Waals surface area contributed by atoms with E-state index in [9.17, 15) is 10.1 Å². The van der Waals surface area contributed by atoms with Gasteiger partial charge in [0.2, 0.25) is 0 Å². The minimum Gasteiger partial charge on any atom is -0.334 e. The number of nitrogens with one attached hydrogen (secondary N) is 1. The maximum Gasteiger partial charge on any atom is 0.253 e. The van der Waals surface area contributed by atoms with Crippen molar-refractivity contribution in [2.45, 2.75) is 44.6 Å². The van der Waals surface area contributed by atoms with Gasteiger partial charge in [0.1, 0.15) is 5.54 Å². The van der Waals surface area contributed by atoms with E-state index in [1.54, 1.807) is 6.07 Å². The second-order valence-corrected chi connectivity index (χ2v) is 7.10. The van der Waals surface area contributed by atoms with Crippen molar-refractivity contribution in [2.24, 2.45) is 0 Å². The summed E-state index contributed by atoms with van der Waals surface area (Å²) < 4.78 is 0.926. The Hall–Kier alpha value is -1.93. The first-order valence-corrected chi connectivity index (χ1v) is 8.63. The van der Waals surface area contributed by atoms with Crippen molar-refractivity contribution in [3.8, 4) is 6.07 Å². The molecule has 0 radical (unpaired) electrons. The van der Waals surface area contributed by atoms with Gasteiger partial charge in [0, 0.05) is 15.6 Å². The van der Waals surface area contributed by atoms with Crippen LogP contribution in [0, 0.1) is 18.3 Å². The Kier molecular flexibility index (Phi) is 4.36. The molecule has 1 fully saturated rings. The molecule has 1 aliphatic carbocycles. The molecule has 5 heteroatoms. The van der Waals surface area contributed by atoms with E-state index in [4.69, 9.17) is 0 Å². The first kappa shape index (κ1) is 15.9. The topological polar surface area (TPSA) is 65.8 Å². The van der Waals surface area contributed by atoms with Crippen LogP contribution in [0.3, 0.4) is 0 Å². The summed E-state index contributed by atoms with van der Waals surface area (Å²) in [6, 6.07) is 9.82. The number of nitrogens with zero attached hydrogens (tertiary/aromatic N) is 2. The molecular weight excluding hydrogens is 354 g/mol. The quantitative estimate of drug-likeness (QED) is 0.857. The molecule has 4 nitrogen and oxygen atoms in total. The minimum absolute atomic E-state index is 0.189. The fourth-order valence-corrected chi connectivity index (χ4v) is 3.58. The molecule has 1 heterocycles. The number of hydrogen-bond donors (Lipinski definition) is 1. The summed E-state index contributed by atoms with van der Waals surface area (Å²) in [7, 11) is 0. The molecular formula is C18H18BrN3O. The van der Waals surface area contributed by atoms with Crippen LogP contribution in [0.25, 0.3) is 10.9 Å². The Bertz CT molecular complexity index is 799. The number of hydrogen-bond acceptors (Lipinski definition) is 3. The minimum atomic E-state index is -0.728. The van der Waals surface area contributed by atoms with E-state index in [1.165, 1.54) is 0 Å². The summed E-state index contributed by atoms with van der Waals surface area (Å²) in [6.45, 7) is 1.87. The molecule has 0 bridgehead atoms. The van der Waals surface area contributed by atoms with Crippen molar-refractivity contribution in [1.82, 2.24) is 10.3 Å². The number of halogens is 1. The standard InChI is InChI=1S/C18H18BrN3O/c1-12-9-15(14-6-5-13(19)10-16(14)21-12)17(23)22-18(11-20)7-3-2-4-8-18/h5-6,9-10H,2-4,7-8H2,1H3,(H,22,23). The van der Waals surface area contributed by atoms with E-state index in [0.717, 1.165) is 53.2 Å². The number of rotatable bonds is 2. The molecule has 23 heavy (non-hydrogen) atoms. The van der Waals surface area contributed by atoms with Crippen LogP contribution in [0.1, 0.15) is 48.2 Å². The molecule has 1 saturated carbocycles. The molecule has 1 aromatic carbocycles. The fraction of sp³-hybridized carbons (Fsp3) is 0.389. The van der Waals surface area contributed by atoms with Crippen molar-refractivity contribution in [3.63, 3.8) is 0 Å². The third-order valence-electron chi connectivity index (χ3n) is 4.42. The number of carbonyl (C=O) groups excluding carboxylic acids is 1. The maximum absolute atomic E-state index is 12.8. The molecule has 0 saturated heterocycles. The van der Waals surface area contributed by atoms with Gasteiger partial charge < -0.3 is 5.32 Å². The van der Waals surface area contributed by atoms with Crippen molar-refractivity contribution in [3.05, 3.63) is 40.0 Å². The van der Waals surface area contributed by atoms with Gasteiger partial charge in [0.05, 0.1) is 17.1 Å². The predicted molar refractivity (Wildman–Crippen MR) is 93.1 cm³/mol. The summed E-state index contributed by atoms with van der Waals surface area (Å²) in [4.78, 5) is 17.3. The summed E-state index contributed by atoms with van der Waals surface area (Å²) in [6.07, 6.45) is 4.55. The molecule has 0 aliphatic heterocycles. The van der Waals surface area contributed by atoms with E-state index >= 15 is 0 Å². The zero-order valence-electron chi connectivity index (χ0n) is 13.0. The summed E-state index contributed by atoms with van der Waals surface area (Å²) in [5.74, 6) is -0.189. The van der Waals surface area contributed by atoms with Crippen molar-refractivity contribution >= 4 is 32.7 Å². The third-order valence-corrected chi connectivity index (χ3v) is 4.91. The van der Waals surface area contributed by atoms with Crippen molar-refractivity contribution < 1.29 is 4.79 Å². The van der Waals surface area contributed by atoms with Crippen LogP contribution < -0.4 is 5.32 Å². The SMILES string of the molecule is Cc1cc(C(=O)NC2(C#N)CCCCC2)c2ccc(Br)cc2n1. The first-order chi connectivity index (χ1) is 11.0. The zero-order valence-corrected chi connectivity index (χ0v) is 14.6. The number of benzene rings is 1. The highest BCUT2D eigenvalue weighted by molar-refractivity contribution is 9.10. The van der Waals surface area contributed by atoms with E-state index in [2.05, 4.69) is 32.3 Å². The van der Waals surface area contributed by atoms with Crippen LogP contribution in [-0.4, -0.2) is 16.4 Å². The molecule has 1 amide bonds. The van der Waals surface area contributed by atoms with Crippen LogP contribution >= 0.6 is 15.9 Å². The number of pyridine rings is 1. The van der Waals surface area contributed by atoms with E-state index in [-0.39, 0.29) is 5.91 Å². The van der Waals surface area contributed by atoms with Gasteiger partial charge in [0.25, 0.3) is 5.91 Å². The Labute approximate surface area is 144 Å². The molecule has 1 N–H and O–H groups in total. The summed E-state index contributed by atoms with van der Waals surface area (Å²) in [5.41, 5.74) is 1.42. The number of carbonyl (C=O) groups is 1. The first-order valence-electron chi connectivity index (χ1n) is 7.84. The summed E-state index contributed by atoms with van der Waals surface area (Å²) >= 11 is 3.43. The second-order valence-electron chi connectivity index (χ2n) is 6.18. The van der Waals surface area contributed by atoms with Gasteiger partial charge in [-0.2, -0.15) is 5.26 Å². The lowest BCUT2D eigenvalue weighted by Gasteiger charge is -2.31. The monoisotopic (exact) mass is 371 g/mol. The van der Waals surface area contributed by atoms with E-state index < -0.39 is 5.54 Å². The Balaban J connectivity index is 1.99. The molecule has 1 aliphatic rings. The lowest BCUT2D eigenvalue weighted by atomic mass is 9.82. The average Bonchev–Trinajstić information content (AvgIpc) is 2.54. The largest absolute Gasteiger partial charge is 0.334 e. The Morgan fingerprint density at radius 2 is 2.04 bits per heavy atom. The van der Waals surface area contributed by atoms with Gasteiger partial charge in [-0.05, 0) is 38.0 Å². The zero-order chi connectivity index (χ0) is 16.4. The van der Waals surface area contributed by atoms with Crippen LogP contribution in [0.2, 0.25) is 0 Å². The van der Waals surface area contributed by atoms with Crippen LogP contribution in [-0.2, 0) is 0 Å². The van der Waals surface area contributed by atoms with Gasteiger partial charge in [-0.1, -0.05) is 41.3 Å².